The maximum Gasteiger partial charge on any atom is 0.303 e. The van der Waals surface area contributed by atoms with E-state index in [-0.39, 0.29) is 12.0 Å². The van der Waals surface area contributed by atoms with Crippen LogP contribution in [0.3, 0.4) is 0 Å². The van der Waals surface area contributed by atoms with Crippen molar-refractivity contribution in [2.45, 2.75) is 46.1 Å². The van der Waals surface area contributed by atoms with Gasteiger partial charge in [0.2, 0.25) is 0 Å². The van der Waals surface area contributed by atoms with E-state index in [1.165, 1.54) is 16.9 Å². The van der Waals surface area contributed by atoms with E-state index in [4.69, 9.17) is 10.1 Å². The highest BCUT2D eigenvalue weighted by molar-refractivity contribution is 7.17. The molecule has 2 heterocycles. The summed E-state index contributed by atoms with van der Waals surface area (Å²) in [7, 11) is 0. The fourth-order valence-corrected chi connectivity index (χ4v) is 4.00. The highest BCUT2D eigenvalue weighted by Crippen LogP contribution is 2.31. The van der Waals surface area contributed by atoms with E-state index in [1.54, 1.807) is 4.57 Å². The molecule has 0 bridgehead atoms. The average Bonchev–Trinajstić information content (AvgIpc) is 3.02. The fourth-order valence-electron chi connectivity index (χ4n) is 3.05. The van der Waals surface area contributed by atoms with Gasteiger partial charge in [-0.05, 0) is 25.3 Å². The Kier molecular flexibility index (Phi) is 5.52. The van der Waals surface area contributed by atoms with Gasteiger partial charge in [0.25, 0.3) is 5.56 Å². The quantitative estimate of drug-likeness (QED) is 0.675. The molecule has 1 N–H and O–H groups in total. The van der Waals surface area contributed by atoms with Crippen molar-refractivity contribution in [1.29, 1.82) is 0 Å². The Bertz CT molecular complexity index is 987. The lowest BCUT2D eigenvalue weighted by Crippen LogP contribution is -2.25. The van der Waals surface area contributed by atoms with Crippen molar-refractivity contribution in [2.75, 3.05) is 0 Å². The van der Waals surface area contributed by atoms with Crippen LogP contribution in [0.15, 0.2) is 34.4 Å². The van der Waals surface area contributed by atoms with Gasteiger partial charge in [0.1, 0.15) is 10.7 Å². The second kappa shape index (κ2) is 7.83. The molecule has 5 nitrogen and oxygen atoms in total. The first-order valence-corrected chi connectivity index (χ1v) is 9.69. The standard InChI is InChI=1S/C20H22N2O3S/c1-3-5-16-21-19-18(20(25)22(16)11-4-6-17(23)24)15(12-26-19)14-9-7-13(2)8-10-14/h7-10,12H,3-6,11H2,1-2H3,(H,23,24). The van der Waals surface area contributed by atoms with Crippen LogP contribution >= 0.6 is 11.3 Å². The summed E-state index contributed by atoms with van der Waals surface area (Å²) in [5.41, 5.74) is 3.00. The minimum Gasteiger partial charge on any atom is -0.481 e. The van der Waals surface area contributed by atoms with Gasteiger partial charge in [-0.15, -0.1) is 11.3 Å². The molecule has 0 aliphatic rings. The largest absolute Gasteiger partial charge is 0.481 e. The van der Waals surface area contributed by atoms with Gasteiger partial charge in [-0.3, -0.25) is 14.2 Å². The fraction of sp³-hybridized carbons (Fsp3) is 0.350. The SMILES string of the molecule is CCCc1nc2scc(-c3ccc(C)cc3)c2c(=O)n1CCCC(=O)O. The maximum absolute atomic E-state index is 13.2. The molecule has 0 spiro atoms. The number of carboxylic acids is 1. The monoisotopic (exact) mass is 370 g/mol. The molecule has 0 saturated heterocycles. The van der Waals surface area contributed by atoms with Gasteiger partial charge in [-0.1, -0.05) is 36.8 Å². The third kappa shape index (κ3) is 3.70. The molecular formula is C20H22N2O3S. The number of carboxylic acid groups (broad SMARTS) is 1. The summed E-state index contributed by atoms with van der Waals surface area (Å²) in [5.74, 6) is -0.104. The highest BCUT2D eigenvalue weighted by atomic mass is 32.1. The lowest BCUT2D eigenvalue weighted by molar-refractivity contribution is -0.137. The zero-order chi connectivity index (χ0) is 18.7. The molecule has 0 unspecified atom stereocenters. The third-order valence-electron chi connectivity index (χ3n) is 4.38. The van der Waals surface area contributed by atoms with Crippen LogP contribution < -0.4 is 5.56 Å². The van der Waals surface area contributed by atoms with E-state index in [9.17, 15) is 9.59 Å². The molecule has 0 fully saturated rings. The smallest absolute Gasteiger partial charge is 0.303 e. The number of hydrogen-bond acceptors (Lipinski definition) is 4. The Labute approximate surface area is 155 Å². The predicted octanol–water partition coefficient (Wildman–Crippen LogP) is 4.25. The molecule has 26 heavy (non-hydrogen) atoms. The van der Waals surface area contributed by atoms with Gasteiger partial charge >= 0.3 is 5.97 Å². The lowest BCUT2D eigenvalue weighted by Gasteiger charge is -2.12. The molecule has 136 valence electrons. The summed E-state index contributed by atoms with van der Waals surface area (Å²) in [4.78, 5) is 29.5. The molecule has 0 saturated carbocycles. The average molecular weight is 370 g/mol. The zero-order valence-electron chi connectivity index (χ0n) is 15.0. The summed E-state index contributed by atoms with van der Waals surface area (Å²) >= 11 is 1.49. The van der Waals surface area contributed by atoms with Crippen LogP contribution in [-0.2, 0) is 17.8 Å². The molecular weight excluding hydrogens is 348 g/mol. The molecule has 0 aliphatic heterocycles. The van der Waals surface area contributed by atoms with Crippen LogP contribution in [0.4, 0.5) is 0 Å². The predicted molar refractivity (Wildman–Crippen MR) is 105 cm³/mol. The first-order chi connectivity index (χ1) is 12.5. The van der Waals surface area contributed by atoms with Crippen molar-refractivity contribution in [2.24, 2.45) is 0 Å². The number of benzene rings is 1. The molecule has 1 aromatic carbocycles. The number of fused-ring (bicyclic) bond motifs is 1. The highest BCUT2D eigenvalue weighted by Gasteiger charge is 2.16. The molecule has 0 radical (unpaired) electrons. The number of aliphatic carboxylic acids is 1. The Hall–Kier alpha value is -2.47. The number of rotatable bonds is 7. The van der Waals surface area contributed by atoms with Crippen molar-refractivity contribution >= 4 is 27.5 Å². The number of hydrogen-bond donors (Lipinski definition) is 1. The number of carbonyl (C=O) groups is 1. The minimum atomic E-state index is -0.847. The van der Waals surface area contributed by atoms with Crippen LogP contribution in [0, 0.1) is 6.92 Å². The topological polar surface area (TPSA) is 72.2 Å². The molecule has 0 aliphatic carbocycles. The lowest BCUT2D eigenvalue weighted by atomic mass is 10.0. The molecule has 6 heteroatoms. The molecule has 0 amide bonds. The van der Waals surface area contributed by atoms with E-state index >= 15 is 0 Å². The number of thiophene rings is 1. The van der Waals surface area contributed by atoms with Crippen LogP contribution in [0.2, 0.25) is 0 Å². The van der Waals surface area contributed by atoms with Crippen LogP contribution in [0.5, 0.6) is 0 Å². The van der Waals surface area contributed by atoms with Crippen LogP contribution in [0.1, 0.15) is 37.6 Å². The summed E-state index contributed by atoms with van der Waals surface area (Å²) in [6.07, 6.45) is 2.05. The maximum atomic E-state index is 13.2. The summed E-state index contributed by atoms with van der Waals surface area (Å²) in [6, 6.07) is 8.10. The van der Waals surface area contributed by atoms with E-state index in [0.717, 1.165) is 28.2 Å². The van der Waals surface area contributed by atoms with Crippen molar-refractivity contribution in [3.63, 3.8) is 0 Å². The normalized spacial score (nSPS) is 11.2. The molecule has 2 aromatic heterocycles. The molecule has 3 rings (SSSR count). The van der Waals surface area contributed by atoms with Gasteiger partial charge in [-0.2, -0.15) is 0 Å². The van der Waals surface area contributed by atoms with E-state index < -0.39 is 5.97 Å². The van der Waals surface area contributed by atoms with Gasteiger partial charge in [0.15, 0.2) is 0 Å². The molecule has 3 aromatic rings. The number of aromatic nitrogens is 2. The summed E-state index contributed by atoms with van der Waals surface area (Å²) < 4.78 is 1.67. The van der Waals surface area contributed by atoms with Gasteiger partial charge in [-0.25, -0.2) is 4.98 Å². The van der Waals surface area contributed by atoms with E-state index in [1.807, 2.05) is 43.5 Å². The number of aryl methyl sites for hydroxylation is 2. The van der Waals surface area contributed by atoms with Crippen molar-refractivity contribution < 1.29 is 9.90 Å². The number of nitrogens with zero attached hydrogens (tertiary/aromatic N) is 2. The Morgan fingerprint density at radius 1 is 1.27 bits per heavy atom. The Morgan fingerprint density at radius 3 is 2.65 bits per heavy atom. The first kappa shape index (κ1) is 18.3. The van der Waals surface area contributed by atoms with Crippen LogP contribution in [-0.4, -0.2) is 20.6 Å². The second-order valence-electron chi connectivity index (χ2n) is 6.43. The minimum absolute atomic E-state index is 0.0461. The van der Waals surface area contributed by atoms with Gasteiger partial charge in [0.05, 0.1) is 5.39 Å². The van der Waals surface area contributed by atoms with E-state index in [0.29, 0.717) is 24.8 Å². The first-order valence-electron chi connectivity index (χ1n) is 8.81. The van der Waals surface area contributed by atoms with E-state index in [2.05, 4.69) is 0 Å². The second-order valence-corrected chi connectivity index (χ2v) is 7.29. The Balaban J connectivity index is 2.11. The zero-order valence-corrected chi connectivity index (χ0v) is 15.8. The van der Waals surface area contributed by atoms with Gasteiger partial charge in [0, 0.05) is 30.3 Å². The summed E-state index contributed by atoms with van der Waals surface area (Å²) in [6.45, 7) is 4.46. The third-order valence-corrected chi connectivity index (χ3v) is 5.25. The van der Waals surface area contributed by atoms with Gasteiger partial charge < -0.3 is 5.11 Å². The van der Waals surface area contributed by atoms with Crippen LogP contribution in [0.25, 0.3) is 21.3 Å². The van der Waals surface area contributed by atoms with Crippen molar-refractivity contribution in [1.82, 2.24) is 9.55 Å². The Morgan fingerprint density at radius 2 is 2.00 bits per heavy atom. The van der Waals surface area contributed by atoms with Crippen molar-refractivity contribution in [3.05, 3.63) is 51.4 Å². The molecule has 0 atom stereocenters. The summed E-state index contributed by atoms with van der Waals surface area (Å²) in [5, 5.41) is 11.5. The van der Waals surface area contributed by atoms with Crippen molar-refractivity contribution in [3.8, 4) is 11.1 Å².